The Bertz CT molecular complexity index is 1380. The zero-order chi connectivity index (χ0) is 16.4. The normalized spacial score (nSPS) is 12.0. The minimum Gasteiger partial charge on any atom is -0.133 e. The number of fused-ring (bicyclic) bond motifs is 7. The molecule has 0 unspecified atom stereocenters. The van der Waals surface area contributed by atoms with Gasteiger partial charge in [0.15, 0.2) is 0 Å². The Hall–Kier alpha value is -2.20. The van der Waals surface area contributed by atoms with E-state index in [1.165, 1.54) is 50.1 Å². The predicted octanol–water partition coefficient (Wildman–Crippen LogP) is 8.15. The molecule has 0 atom stereocenters. The number of benzene rings is 3. The Balaban J connectivity index is 1.66. The molecule has 3 heteroatoms. The third-order valence-electron chi connectivity index (χ3n) is 4.71. The van der Waals surface area contributed by atoms with Crippen LogP contribution in [0, 0.1) is 0 Å². The lowest BCUT2D eigenvalue weighted by molar-refractivity contribution is 1.66. The standard InChI is InChI=1S/C22H12S3/c1-2-6-13(7-3-1)14-10-11-16-18(12-14)24-22-20(16)25-19-15-8-4-5-9-17(15)23-21(19)22/h1-12H. The predicted molar refractivity (Wildman–Crippen MR) is 116 cm³/mol. The third kappa shape index (κ3) is 1.97. The summed E-state index contributed by atoms with van der Waals surface area (Å²) >= 11 is 5.83. The molecule has 25 heavy (non-hydrogen) atoms. The largest absolute Gasteiger partial charge is 0.133 e. The molecule has 6 aromatic rings. The fraction of sp³-hybridized carbons (Fsp3) is 0. The first kappa shape index (κ1) is 14.0. The van der Waals surface area contributed by atoms with Gasteiger partial charge in [-0.1, -0.05) is 60.7 Å². The second-order valence-corrected chi connectivity index (χ2v) is 9.32. The summed E-state index contributed by atoms with van der Waals surface area (Å²) in [4.78, 5) is 0. The first-order valence-electron chi connectivity index (χ1n) is 8.20. The molecule has 3 heterocycles. The van der Waals surface area contributed by atoms with Gasteiger partial charge >= 0.3 is 0 Å². The monoisotopic (exact) mass is 372 g/mol. The van der Waals surface area contributed by atoms with E-state index < -0.39 is 0 Å². The third-order valence-corrected chi connectivity index (χ3v) is 8.71. The van der Waals surface area contributed by atoms with Gasteiger partial charge in [-0.3, -0.25) is 0 Å². The zero-order valence-corrected chi connectivity index (χ0v) is 15.6. The summed E-state index contributed by atoms with van der Waals surface area (Å²) in [6, 6.07) is 26.3. The number of rotatable bonds is 1. The maximum atomic E-state index is 2.35. The Morgan fingerprint density at radius 1 is 0.440 bits per heavy atom. The molecule has 0 bridgehead atoms. The molecule has 0 nitrogen and oxygen atoms in total. The van der Waals surface area contributed by atoms with Gasteiger partial charge in [-0.2, -0.15) is 0 Å². The van der Waals surface area contributed by atoms with Gasteiger partial charge in [0.2, 0.25) is 0 Å². The van der Waals surface area contributed by atoms with Crippen LogP contribution < -0.4 is 0 Å². The highest BCUT2D eigenvalue weighted by Crippen LogP contribution is 2.50. The Kier molecular flexibility index (Phi) is 2.89. The van der Waals surface area contributed by atoms with E-state index in [2.05, 4.69) is 72.8 Å². The van der Waals surface area contributed by atoms with E-state index in [9.17, 15) is 0 Å². The van der Waals surface area contributed by atoms with Crippen molar-refractivity contribution >= 4 is 73.0 Å². The van der Waals surface area contributed by atoms with E-state index in [1.807, 2.05) is 34.0 Å². The summed E-state index contributed by atoms with van der Waals surface area (Å²) in [5, 5.41) is 2.81. The highest BCUT2D eigenvalue weighted by Gasteiger charge is 2.16. The maximum absolute atomic E-state index is 2.35. The topological polar surface area (TPSA) is 0 Å². The van der Waals surface area contributed by atoms with Crippen molar-refractivity contribution in [3.8, 4) is 11.1 Å². The van der Waals surface area contributed by atoms with Gasteiger partial charge in [-0.05, 0) is 23.3 Å². The lowest BCUT2D eigenvalue weighted by Gasteiger charge is -2.01. The van der Waals surface area contributed by atoms with Gasteiger partial charge < -0.3 is 0 Å². The van der Waals surface area contributed by atoms with Gasteiger partial charge in [0, 0.05) is 20.2 Å². The van der Waals surface area contributed by atoms with Crippen LogP contribution in [-0.4, -0.2) is 0 Å². The lowest BCUT2D eigenvalue weighted by Crippen LogP contribution is -1.75. The van der Waals surface area contributed by atoms with Crippen LogP contribution in [0.3, 0.4) is 0 Å². The van der Waals surface area contributed by atoms with Crippen molar-refractivity contribution in [3.63, 3.8) is 0 Å². The van der Waals surface area contributed by atoms with Crippen LogP contribution >= 0.6 is 34.0 Å². The molecule has 3 aromatic heterocycles. The van der Waals surface area contributed by atoms with Gasteiger partial charge in [0.1, 0.15) is 0 Å². The SMILES string of the molecule is c1ccc(-c2ccc3c(c2)sc2c3sc3c4ccccc4sc32)cc1. The first-order valence-corrected chi connectivity index (χ1v) is 10.7. The molecule has 0 aliphatic carbocycles. The van der Waals surface area contributed by atoms with Crippen molar-refractivity contribution in [2.75, 3.05) is 0 Å². The molecular weight excluding hydrogens is 360 g/mol. The quantitative estimate of drug-likeness (QED) is 0.273. The number of hydrogen-bond donors (Lipinski definition) is 0. The second-order valence-electron chi connectivity index (χ2n) is 6.20. The molecule has 6 rings (SSSR count). The summed E-state index contributed by atoms with van der Waals surface area (Å²) in [6.45, 7) is 0. The van der Waals surface area contributed by atoms with Crippen molar-refractivity contribution in [1.29, 1.82) is 0 Å². The van der Waals surface area contributed by atoms with E-state index in [4.69, 9.17) is 0 Å². The van der Waals surface area contributed by atoms with Crippen LogP contribution in [0.1, 0.15) is 0 Å². The summed E-state index contributed by atoms with van der Waals surface area (Å²) in [5.41, 5.74) is 2.59. The highest BCUT2D eigenvalue weighted by atomic mass is 32.1. The summed E-state index contributed by atoms with van der Waals surface area (Å²) in [7, 11) is 0. The fourth-order valence-electron chi connectivity index (χ4n) is 3.51. The second kappa shape index (κ2) is 5.15. The summed E-state index contributed by atoms with van der Waals surface area (Å²) in [5.74, 6) is 0. The lowest BCUT2D eigenvalue weighted by atomic mass is 10.1. The van der Waals surface area contributed by atoms with E-state index in [0.717, 1.165) is 0 Å². The molecule has 0 aliphatic rings. The maximum Gasteiger partial charge on any atom is 0.0642 e. The van der Waals surface area contributed by atoms with Crippen LogP contribution in [0.2, 0.25) is 0 Å². The summed E-state index contributed by atoms with van der Waals surface area (Å²) < 4.78 is 8.61. The molecule has 3 aromatic carbocycles. The van der Waals surface area contributed by atoms with Crippen molar-refractivity contribution in [2.45, 2.75) is 0 Å². The average Bonchev–Trinajstić information content (AvgIpc) is 3.30. The van der Waals surface area contributed by atoms with E-state index in [0.29, 0.717) is 0 Å². The van der Waals surface area contributed by atoms with E-state index in [1.54, 1.807) is 0 Å². The minimum atomic E-state index is 1.29. The first-order chi connectivity index (χ1) is 12.4. The van der Waals surface area contributed by atoms with Crippen molar-refractivity contribution < 1.29 is 0 Å². The molecule has 0 saturated carbocycles. The Morgan fingerprint density at radius 3 is 1.96 bits per heavy atom. The molecular formula is C22H12S3. The summed E-state index contributed by atoms with van der Waals surface area (Å²) in [6.07, 6.45) is 0. The zero-order valence-electron chi connectivity index (χ0n) is 13.2. The fourth-order valence-corrected chi connectivity index (χ4v) is 7.81. The molecule has 0 aliphatic heterocycles. The molecule has 0 radical (unpaired) electrons. The van der Waals surface area contributed by atoms with Crippen LogP contribution in [0.25, 0.3) is 50.1 Å². The average molecular weight is 373 g/mol. The van der Waals surface area contributed by atoms with Gasteiger partial charge in [-0.15, -0.1) is 34.0 Å². The van der Waals surface area contributed by atoms with Gasteiger partial charge in [-0.25, -0.2) is 0 Å². The molecule has 0 N–H and O–H groups in total. The number of thiophene rings is 3. The van der Waals surface area contributed by atoms with Crippen LogP contribution in [-0.2, 0) is 0 Å². The molecule has 118 valence electrons. The Morgan fingerprint density at radius 2 is 1.12 bits per heavy atom. The smallest absolute Gasteiger partial charge is 0.0642 e. The van der Waals surface area contributed by atoms with E-state index in [-0.39, 0.29) is 0 Å². The van der Waals surface area contributed by atoms with Gasteiger partial charge in [0.05, 0.1) is 18.8 Å². The molecule has 0 amide bonds. The van der Waals surface area contributed by atoms with Crippen molar-refractivity contribution in [1.82, 2.24) is 0 Å². The van der Waals surface area contributed by atoms with Crippen LogP contribution in [0.4, 0.5) is 0 Å². The van der Waals surface area contributed by atoms with Gasteiger partial charge in [0.25, 0.3) is 0 Å². The highest BCUT2D eigenvalue weighted by molar-refractivity contribution is 7.43. The van der Waals surface area contributed by atoms with Crippen LogP contribution in [0.5, 0.6) is 0 Å². The number of hydrogen-bond acceptors (Lipinski definition) is 3. The molecule has 0 spiro atoms. The van der Waals surface area contributed by atoms with Crippen LogP contribution in [0.15, 0.2) is 72.8 Å². The molecule has 0 fully saturated rings. The molecule has 0 saturated heterocycles. The van der Waals surface area contributed by atoms with E-state index >= 15 is 0 Å². The van der Waals surface area contributed by atoms with Crippen molar-refractivity contribution in [2.24, 2.45) is 0 Å². The van der Waals surface area contributed by atoms with Crippen molar-refractivity contribution in [3.05, 3.63) is 72.8 Å². The Labute approximate surface area is 156 Å². The minimum absolute atomic E-state index is 1.29.